The summed E-state index contributed by atoms with van der Waals surface area (Å²) in [6.07, 6.45) is 1.81. The molecule has 1 atom stereocenters. The molecule has 6 nitrogen and oxygen atoms in total. The maximum absolute atomic E-state index is 6.36. The van der Waals surface area contributed by atoms with Crippen molar-refractivity contribution in [3.8, 4) is 16.9 Å². The van der Waals surface area contributed by atoms with E-state index in [0.29, 0.717) is 17.0 Å². The number of nitrogens with one attached hydrogen (secondary N) is 1. The maximum Gasteiger partial charge on any atom is 0.222 e. The van der Waals surface area contributed by atoms with Gasteiger partial charge in [0.15, 0.2) is 0 Å². The van der Waals surface area contributed by atoms with Gasteiger partial charge in [-0.05, 0) is 32.2 Å². The summed E-state index contributed by atoms with van der Waals surface area (Å²) in [5, 5.41) is 3.92. The fourth-order valence-electron chi connectivity index (χ4n) is 2.82. The van der Waals surface area contributed by atoms with Crippen molar-refractivity contribution < 1.29 is 9.47 Å². The Morgan fingerprint density at radius 2 is 2.24 bits per heavy atom. The zero-order valence-electron chi connectivity index (χ0n) is 14.8. The van der Waals surface area contributed by atoms with Gasteiger partial charge >= 0.3 is 0 Å². The van der Waals surface area contributed by atoms with Crippen molar-refractivity contribution >= 4 is 17.5 Å². The van der Waals surface area contributed by atoms with E-state index >= 15 is 0 Å². The van der Waals surface area contributed by atoms with Crippen molar-refractivity contribution in [2.45, 2.75) is 13.0 Å². The monoisotopic (exact) mass is 362 g/mol. The minimum absolute atomic E-state index is 0.327. The molecule has 2 heterocycles. The van der Waals surface area contributed by atoms with Gasteiger partial charge in [0.05, 0.1) is 37.1 Å². The lowest BCUT2D eigenvalue weighted by molar-refractivity contribution is 0.0109. The third-order valence-corrected chi connectivity index (χ3v) is 4.78. The molecule has 134 valence electrons. The molecule has 1 aromatic heterocycles. The van der Waals surface area contributed by atoms with Crippen LogP contribution in [0.15, 0.2) is 24.4 Å². The number of ether oxygens (including phenoxy) is 2. The lowest BCUT2D eigenvalue weighted by Crippen LogP contribution is -2.46. The number of hydrogen-bond acceptors (Lipinski definition) is 6. The molecule has 7 heteroatoms. The van der Waals surface area contributed by atoms with Crippen LogP contribution in [0.2, 0.25) is 5.02 Å². The fourth-order valence-corrected chi connectivity index (χ4v) is 3.09. The molecule has 0 saturated carbocycles. The number of halogens is 1. The van der Waals surface area contributed by atoms with E-state index in [9.17, 15) is 0 Å². The average Bonchev–Trinajstić information content (AvgIpc) is 2.61. The molecule has 0 radical (unpaired) electrons. The Bertz CT molecular complexity index is 741. The van der Waals surface area contributed by atoms with Gasteiger partial charge in [0.1, 0.15) is 5.75 Å². The van der Waals surface area contributed by atoms with Crippen molar-refractivity contribution in [3.05, 3.63) is 35.1 Å². The standard InChI is InChI=1S/C18H23ClN4O2/c1-12-16(15-5-4-14(24-3)8-17(15)19)10-21-18(22-12)20-9-13-11-25-7-6-23(13)2/h4-5,8,10,13H,6-7,9,11H2,1-3H3,(H,20,21,22). The summed E-state index contributed by atoms with van der Waals surface area (Å²) in [7, 11) is 3.73. The fraction of sp³-hybridized carbons (Fsp3) is 0.444. The number of aromatic nitrogens is 2. The lowest BCUT2D eigenvalue weighted by Gasteiger charge is -2.32. The van der Waals surface area contributed by atoms with E-state index < -0.39 is 0 Å². The molecule has 1 fully saturated rings. The van der Waals surface area contributed by atoms with Gasteiger partial charge in [-0.25, -0.2) is 9.97 Å². The number of morpholine rings is 1. The van der Waals surface area contributed by atoms with E-state index in [2.05, 4.69) is 27.2 Å². The van der Waals surface area contributed by atoms with Crippen LogP contribution in [0.3, 0.4) is 0 Å². The van der Waals surface area contributed by atoms with Crippen molar-refractivity contribution in [1.29, 1.82) is 0 Å². The molecule has 1 aromatic carbocycles. The van der Waals surface area contributed by atoms with Gasteiger partial charge in [-0.15, -0.1) is 0 Å². The summed E-state index contributed by atoms with van der Waals surface area (Å²) in [5.74, 6) is 1.34. The van der Waals surface area contributed by atoms with E-state index in [-0.39, 0.29) is 0 Å². The molecule has 1 unspecified atom stereocenters. The second-order valence-corrected chi connectivity index (χ2v) is 6.54. The minimum atomic E-state index is 0.327. The van der Waals surface area contributed by atoms with Crippen LogP contribution in [0.4, 0.5) is 5.95 Å². The first-order valence-corrected chi connectivity index (χ1v) is 8.65. The molecule has 0 bridgehead atoms. The van der Waals surface area contributed by atoms with E-state index in [0.717, 1.165) is 48.9 Å². The molecule has 1 saturated heterocycles. The smallest absolute Gasteiger partial charge is 0.222 e. The number of nitrogens with zero attached hydrogens (tertiary/aromatic N) is 3. The first kappa shape index (κ1) is 17.9. The molecule has 0 spiro atoms. The normalized spacial score (nSPS) is 18.2. The Morgan fingerprint density at radius 1 is 1.40 bits per heavy atom. The van der Waals surface area contributed by atoms with Gasteiger partial charge in [0.25, 0.3) is 0 Å². The first-order chi connectivity index (χ1) is 12.1. The van der Waals surface area contributed by atoms with Crippen LogP contribution >= 0.6 is 11.6 Å². The molecule has 25 heavy (non-hydrogen) atoms. The molecule has 1 aliphatic heterocycles. The Balaban J connectivity index is 1.72. The largest absolute Gasteiger partial charge is 0.497 e. The number of likely N-dealkylation sites (N-methyl/N-ethyl adjacent to an activating group) is 1. The van der Waals surface area contributed by atoms with Crippen molar-refractivity contribution in [3.63, 3.8) is 0 Å². The number of anilines is 1. The van der Waals surface area contributed by atoms with E-state index in [1.54, 1.807) is 19.4 Å². The number of aryl methyl sites for hydroxylation is 1. The van der Waals surface area contributed by atoms with E-state index in [1.807, 2.05) is 19.1 Å². The Hall–Kier alpha value is -1.89. The van der Waals surface area contributed by atoms with E-state index in [1.165, 1.54) is 0 Å². The maximum atomic E-state index is 6.36. The predicted octanol–water partition coefficient (Wildman–Crippen LogP) is 2.86. The minimum Gasteiger partial charge on any atom is -0.497 e. The molecule has 0 aliphatic carbocycles. The van der Waals surface area contributed by atoms with Gasteiger partial charge in [-0.3, -0.25) is 4.90 Å². The highest BCUT2D eigenvalue weighted by molar-refractivity contribution is 6.33. The Labute approximate surface area is 153 Å². The topological polar surface area (TPSA) is 59.5 Å². The zero-order valence-corrected chi connectivity index (χ0v) is 15.5. The SMILES string of the molecule is COc1ccc(-c2cnc(NCC3COCCN3C)nc2C)c(Cl)c1. The van der Waals surface area contributed by atoms with Gasteiger partial charge in [0.2, 0.25) is 5.95 Å². The highest BCUT2D eigenvalue weighted by atomic mass is 35.5. The lowest BCUT2D eigenvalue weighted by atomic mass is 10.1. The predicted molar refractivity (Wildman–Crippen MR) is 99.5 cm³/mol. The Morgan fingerprint density at radius 3 is 2.92 bits per heavy atom. The number of methoxy groups -OCH3 is 1. The molecular weight excluding hydrogens is 340 g/mol. The summed E-state index contributed by atoms with van der Waals surface area (Å²) in [6.45, 7) is 5.17. The van der Waals surface area contributed by atoms with Crippen LogP contribution < -0.4 is 10.1 Å². The van der Waals surface area contributed by atoms with E-state index in [4.69, 9.17) is 21.1 Å². The molecule has 1 N–H and O–H groups in total. The second-order valence-electron chi connectivity index (χ2n) is 6.13. The summed E-state index contributed by atoms with van der Waals surface area (Å²) < 4.78 is 10.7. The van der Waals surface area contributed by atoms with Crippen LogP contribution in [0.25, 0.3) is 11.1 Å². The third kappa shape index (κ3) is 4.21. The van der Waals surface area contributed by atoms with Crippen LogP contribution in [0.5, 0.6) is 5.75 Å². The summed E-state index contributed by atoms with van der Waals surface area (Å²) >= 11 is 6.36. The van der Waals surface area contributed by atoms with Crippen molar-refractivity contribution in [1.82, 2.24) is 14.9 Å². The summed E-state index contributed by atoms with van der Waals surface area (Å²) in [4.78, 5) is 11.3. The van der Waals surface area contributed by atoms with Gasteiger partial charge in [0, 0.05) is 30.4 Å². The van der Waals surface area contributed by atoms with Crippen LogP contribution in [-0.2, 0) is 4.74 Å². The van der Waals surface area contributed by atoms with Crippen LogP contribution in [0.1, 0.15) is 5.69 Å². The van der Waals surface area contributed by atoms with Gasteiger partial charge in [-0.1, -0.05) is 11.6 Å². The highest BCUT2D eigenvalue weighted by Gasteiger charge is 2.19. The molecule has 3 rings (SSSR count). The molecule has 0 amide bonds. The highest BCUT2D eigenvalue weighted by Crippen LogP contribution is 2.32. The van der Waals surface area contributed by atoms with Crippen molar-refractivity contribution in [2.24, 2.45) is 0 Å². The van der Waals surface area contributed by atoms with Crippen LogP contribution in [0, 0.1) is 6.92 Å². The number of rotatable bonds is 5. The number of hydrogen-bond donors (Lipinski definition) is 1. The molecule has 1 aliphatic rings. The van der Waals surface area contributed by atoms with Crippen molar-refractivity contribution in [2.75, 3.05) is 45.8 Å². The second kappa shape index (κ2) is 7.99. The van der Waals surface area contributed by atoms with Crippen LogP contribution in [-0.4, -0.2) is 61.4 Å². The quantitative estimate of drug-likeness (QED) is 0.882. The third-order valence-electron chi connectivity index (χ3n) is 4.46. The van der Waals surface area contributed by atoms with Gasteiger partial charge in [-0.2, -0.15) is 0 Å². The molecule has 2 aromatic rings. The Kier molecular flexibility index (Phi) is 5.73. The average molecular weight is 363 g/mol. The van der Waals surface area contributed by atoms with Gasteiger partial charge < -0.3 is 14.8 Å². The number of benzene rings is 1. The zero-order chi connectivity index (χ0) is 17.8. The molecular formula is C18H23ClN4O2. The first-order valence-electron chi connectivity index (χ1n) is 8.28. The summed E-state index contributed by atoms with van der Waals surface area (Å²) in [6, 6.07) is 5.93. The summed E-state index contributed by atoms with van der Waals surface area (Å²) in [5.41, 5.74) is 2.68.